The summed E-state index contributed by atoms with van der Waals surface area (Å²) in [4.78, 5) is 11.7. The van der Waals surface area contributed by atoms with Gasteiger partial charge >= 0.3 is 0 Å². The van der Waals surface area contributed by atoms with Crippen molar-refractivity contribution in [2.24, 2.45) is 0 Å². The molecule has 0 aliphatic carbocycles. The van der Waals surface area contributed by atoms with Crippen LogP contribution in [-0.4, -0.2) is 26.6 Å². The van der Waals surface area contributed by atoms with Gasteiger partial charge in [-0.2, -0.15) is 0 Å². The Morgan fingerprint density at radius 3 is 2.54 bits per heavy atom. The molecule has 128 valence electrons. The Morgan fingerprint density at radius 1 is 1.12 bits per heavy atom. The lowest BCUT2D eigenvalue weighted by molar-refractivity contribution is -0.116. The number of amides is 1. The molecule has 2 rings (SSSR count). The quantitative estimate of drug-likeness (QED) is 0.815. The molecule has 0 heterocycles. The molecule has 0 fully saturated rings. The van der Waals surface area contributed by atoms with Gasteiger partial charge in [-0.05, 0) is 43.8 Å². The number of nitrogens with one attached hydrogen (secondary N) is 2. The van der Waals surface area contributed by atoms with E-state index in [2.05, 4.69) is 10.6 Å². The van der Waals surface area contributed by atoms with E-state index < -0.39 is 5.82 Å². The SMILES string of the molecule is CNCCC(=O)Nc1ccc(Oc2ccc(C)cc2OC)c(F)c1. The van der Waals surface area contributed by atoms with Crippen LogP contribution in [0.15, 0.2) is 36.4 Å². The van der Waals surface area contributed by atoms with Gasteiger partial charge in [0.15, 0.2) is 23.1 Å². The number of hydrogen-bond donors (Lipinski definition) is 2. The fourth-order valence-corrected chi connectivity index (χ4v) is 2.10. The van der Waals surface area contributed by atoms with Crippen LogP contribution in [0.4, 0.5) is 10.1 Å². The van der Waals surface area contributed by atoms with Gasteiger partial charge in [-0.3, -0.25) is 4.79 Å². The van der Waals surface area contributed by atoms with Crippen LogP contribution in [-0.2, 0) is 4.79 Å². The minimum atomic E-state index is -0.566. The molecule has 2 N–H and O–H groups in total. The number of hydrogen-bond acceptors (Lipinski definition) is 4. The summed E-state index contributed by atoms with van der Waals surface area (Å²) in [6.45, 7) is 2.49. The zero-order chi connectivity index (χ0) is 17.5. The summed E-state index contributed by atoms with van der Waals surface area (Å²) in [5.41, 5.74) is 1.40. The van der Waals surface area contributed by atoms with Gasteiger partial charge in [0.2, 0.25) is 5.91 Å². The molecule has 2 aromatic carbocycles. The van der Waals surface area contributed by atoms with Crippen molar-refractivity contribution in [3.63, 3.8) is 0 Å². The Labute approximate surface area is 140 Å². The molecule has 0 saturated heterocycles. The summed E-state index contributed by atoms with van der Waals surface area (Å²) in [6, 6.07) is 9.68. The number of rotatable bonds is 7. The van der Waals surface area contributed by atoms with Crippen molar-refractivity contribution < 1.29 is 18.7 Å². The summed E-state index contributed by atoms with van der Waals surface area (Å²) in [5, 5.41) is 5.52. The van der Waals surface area contributed by atoms with Crippen molar-refractivity contribution in [3.05, 3.63) is 47.8 Å². The van der Waals surface area contributed by atoms with E-state index in [1.54, 1.807) is 19.2 Å². The summed E-state index contributed by atoms with van der Waals surface area (Å²) in [6.07, 6.45) is 0.316. The average molecular weight is 332 g/mol. The van der Waals surface area contributed by atoms with Crippen LogP contribution < -0.4 is 20.1 Å². The molecule has 5 nitrogen and oxygen atoms in total. The van der Waals surface area contributed by atoms with Gasteiger partial charge in [-0.15, -0.1) is 0 Å². The molecule has 0 unspecified atom stereocenters. The number of ether oxygens (including phenoxy) is 2. The molecule has 0 aliphatic heterocycles. The molecule has 0 bridgehead atoms. The maximum Gasteiger partial charge on any atom is 0.225 e. The third kappa shape index (κ3) is 4.70. The molecule has 6 heteroatoms. The number of carbonyl (C=O) groups excluding carboxylic acids is 1. The number of methoxy groups -OCH3 is 1. The largest absolute Gasteiger partial charge is 0.493 e. The maximum absolute atomic E-state index is 14.2. The predicted octanol–water partition coefficient (Wildman–Crippen LogP) is 3.48. The Hall–Kier alpha value is -2.60. The highest BCUT2D eigenvalue weighted by Gasteiger charge is 2.11. The zero-order valence-electron chi connectivity index (χ0n) is 14.0. The molecule has 0 aromatic heterocycles. The second-order valence-corrected chi connectivity index (χ2v) is 5.30. The standard InChI is InChI=1S/C18H21FN2O3/c1-12-4-6-16(17(10-12)23-3)24-15-7-5-13(11-14(15)19)21-18(22)8-9-20-2/h4-7,10-11,20H,8-9H2,1-3H3,(H,21,22). The smallest absolute Gasteiger partial charge is 0.225 e. The van der Waals surface area contributed by atoms with Gasteiger partial charge in [-0.25, -0.2) is 4.39 Å². The van der Waals surface area contributed by atoms with Crippen molar-refractivity contribution in [1.29, 1.82) is 0 Å². The Balaban J connectivity index is 2.11. The van der Waals surface area contributed by atoms with Crippen LogP contribution in [0, 0.1) is 12.7 Å². The van der Waals surface area contributed by atoms with Crippen molar-refractivity contribution in [2.45, 2.75) is 13.3 Å². The minimum absolute atomic E-state index is 0.0605. The van der Waals surface area contributed by atoms with E-state index in [0.717, 1.165) is 5.56 Å². The second-order valence-electron chi connectivity index (χ2n) is 5.30. The third-order valence-corrected chi connectivity index (χ3v) is 3.36. The lowest BCUT2D eigenvalue weighted by Gasteiger charge is -2.12. The summed E-state index contributed by atoms with van der Waals surface area (Å²) < 4.78 is 25.1. The first-order chi connectivity index (χ1) is 11.5. The Kier molecular flexibility index (Phi) is 6.14. The first-order valence-electron chi connectivity index (χ1n) is 7.60. The normalized spacial score (nSPS) is 10.3. The predicted molar refractivity (Wildman–Crippen MR) is 91.4 cm³/mol. The fraction of sp³-hybridized carbons (Fsp3) is 0.278. The van der Waals surface area contributed by atoms with Gasteiger partial charge in [0.25, 0.3) is 0 Å². The maximum atomic E-state index is 14.2. The first-order valence-corrected chi connectivity index (χ1v) is 7.60. The van der Waals surface area contributed by atoms with E-state index in [1.165, 1.54) is 19.2 Å². The molecular weight excluding hydrogens is 311 g/mol. The van der Waals surface area contributed by atoms with Gasteiger partial charge in [0.05, 0.1) is 7.11 Å². The number of carbonyl (C=O) groups is 1. The van der Waals surface area contributed by atoms with Crippen LogP contribution in [0.5, 0.6) is 17.2 Å². The fourth-order valence-electron chi connectivity index (χ4n) is 2.10. The highest BCUT2D eigenvalue weighted by molar-refractivity contribution is 5.90. The van der Waals surface area contributed by atoms with Gasteiger partial charge in [0.1, 0.15) is 0 Å². The second kappa shape index (κ2) is 8.31. The highest BCUT2D eigenvalue weighted by atomic mass is 19.1. The van der Waals surface area contributed by atoms with Gasteiger partial charge < -0.3 is 20.1 Å². The number of anilines is 1. The van der Waals surface area contributed by atoms with Gasteiger partial charge in [-0.1, -0.05) is 6.07 Å². The Morgan fingerprint density at radius 2 is 1.88 bits per heavy atom. The third-order valence-electron chi connectivity index (χ3n) is 3.36. The average Bonchev–Trinajstić information content (AvgIpc) is 2.56. The molecule has 24 heavy (non-hydrogen) atoms. The van der Waals surface area contributed by atoms with Crippen LogP contribution in [0.1, 0.15) is 12.0 Å². The molecule has 0 aliphatic rings. The van der Waals surface area contributed by atoms with Crippen LogP contribution in [0.2, 0.25) is 0 Å². The molecule has 1 amide bonds. The number of benzene rings is 2. The molecular formula is C18H21FN2O3. The van der Waals surface area contributed by atoms with E-state index in [-0.39, 0.29) is 11.7 Å². The minimum Gasteiger partial charge on any atom is -0.493 e. The van der Waals surface area contributed by atoms with Gasteiger partial charge in [0, 0.05) is 24.7 Å². The lowest BCUT2D eigenvalue weighted by Crippen LogP contribution is -2.18. The molecule has 0 saturated carbocycles. The Bertz CT molecular complexity index is 719. The van der Waals surface area contributed by atoms with Crippen molar-refractivity contribution in [2.75, 3.05) is 26.0 Å². The van der Waals surface area contributed by atoms with E-state index >= 15 is 0 Å². The van der Waals surface area contributed by atoms with E-state index in [0.29, 0.717) is 30.2 Å². The monoisotopic (exact) mass is 332 g/mol. The summed E-state index contributed by atoms with van der Waals surface area (Å²) in [7, 11) is 3.29. The summed E-state index contributed by atoms with van der Waals surface area (Å²) in [5.74, 6) is 0.263. The molecule has 0 spiro atoms. The molecule has 0 atom stereocenters. The van der Waals surface area contributed by atoms with Crippen molar-refractivity contribution >= 4 is 11.6 Å². The lowest BCUT2D eigenvalue weighted by atomic mass is 10.2. The van der Waals surface area contributed by atoms with Crippen molar-refractivity contribution in [3.8, 4) is 17.2 Å². The van der Waals surface area contributed by atoms with Crippen LogP contribution >= 0.6 is 0 Å². The van der Waals surface area contributed by atoms with E-state index in [4.69, 9.17) is 9.47 Å². The van der Waals surface area contributed by atoms with E-state index in [1.807, 2.05) is 19.1 Å². The van der Waals surface area contributed by atoms with Crippen LogP contribution in [0.3, 0.4) is 0 Å². The number of aryl methyl sites for hydroxylation is 1. The van der Waals surface area contributed by atoms with Crippen molar-refractivity contribution in [1.82, 2.24) is 5.32 Å². The first kappa shape index (κ1) is 17.7. The van der Waals surface area contributed by atoms with Crippen LogP contribution in [0.25, 0.3) is 0 Å². The number of halogens is 1. The zero-order valence-corrected chi connectivity index (χ0v) is 14.0. The van der Waals surface area contributed by atoms with E-state index in [9.17, 15) is 9.18 Å². The highest BCUT2D eigenvalue weighted by Crippen LogP contribution is 2.34. The topological polar surface area (TPSA) is 59.6 Å². The molecule has 2 aromatic rings. The summed E-state index contributed by atoms with van der Waals surface area (Å²) >= 11 is 0. The molecule has 0 radical (unpaired) electrons.